The van der Waals surface area contributed by atoms with Crippen molar-refractivity contribution in [3.8, 4) is 0 Å². The fourth-order valence-corrected chi connectivity index (χ4v) is 5.67. The number of hydrogen-bond acceptors (Lipinski definition) is 2. The van der Waals surface area contributed by atoms with E-state index in [0.29, 0.717) is 22.4 Å². The van der Waals surface area contributed by atoms with Crippen LogP contribution >= 0.6 is 11.8 Å². The van der Waals surface area contributed by atoms with E-state index in [0.717, 1.165) is 12.3 Å². The zero-order valence-electron chi connectivity index (χ0n) is 14.0. The molecule has 0 amide bonds. The van der Waals surface area contributed by atoms with Crippen molar-refractivity contribution in [2.75, 3.05) is 5.75 Å². The number of unbranched alkanes of at least 4 members (excludes halogenated alkanes) is 1. The zero-order chi connectivity index (χ0) is 15.0. The van der Waals surface area contributed by atoms with Gasteiger partial charge in [0.2, 0.25) is 0 Å². The molecule has 0 aromatic rings. The molecule has 1 nitrogen and oxygen atoms in total. The standard InChI is InChI=1S/C18H32OS/c1-6-7-10-20-13(2)11-15(19)16-17(3,4)9-8-14-12-18(14,16)5/h13-14,16H,6-12H2,1-5H3. The molecule has 0 aromatic heterocycles. The fourth-order valence-electron chi connectivity index (χ4n) is 4.53. The van der Waals surface area contributed by atoms with Gasteiger partial charge in [0.1, 0.15) is 5.78 Å². The molecule has 0 bridgehead atoms. The molecule has 116 valence electrons. The van der Waals surface area contributed by atoms with E-state index in [4.69, 9.17) is 0 Å². The molecule has 2 heteroatoms. The molecule has 2 aliphatic carbocycles. The fraction of sp³-hybridized carbons (Fsp3) is 0.944. The normalized spacial score (nSPS) is 36.2. The van der Waals surface area contributed by atoms with Crippen LogP contribution in [-0.4, -0.2) is 16.8 Å². The van der Waals surface area contributed by atoms with E-state index >= 15 is 0 Å². The average molecular weight is 297 g/mol. The quantitative estimate of drug-likeness (QED) is 0.591. The highest BCUT2D eigenvalue weighted by Gasteiger charge is 2.63. The van der Waals surface area contributed by atoms with Crippen molar-refractivity contribution in [2.45, 2.75) is 78.4 Å². The summed E-state index contributed by atoms with van der Waals surface area (Å²) in [5, 5.41) is 0.493. The first kappa shape index (κ1) is 16.4. The van der Waals surface area contributed by atoms with Gasteiger partial charge in [-0.25, -0.2) is 0 Å². The zero-order valence-corrected chi connectivity index (χ0v) is 14.8. The molecule has 0 saturated heterocycles. The summed E-state index contributed by atoms with van der Waals surface area (Å²) in [6, 6.07) is 0. The van der Waals surface area contributed by atoms with Gasteiger partial charge in [-0.1, -0.05) is 41.0 Å². The van der Waals surface area contributed by atoms with Crippen molar-refractivity contribution in [3.05, 3.63) is 0 Å². The molecule has 4 unspecified atom stereocenters. The Hall–Kier alpha value is 0.0200. The first-order chi connectivity index (χ1) is 9.31. The Morgan fingerprint density at radius 2 is 2.05 bits per heavy atom. The van der Waals surface area contributed by atoms with E-state index in [-0.39, 0.29) is 5.41 Å². The lowest BCUT2D eigenvalue weighted by atomic mass is 9.61. The molecule has 2 rings (SSSR count). The molecule has 2 fully saturated rings. The molecular formula is C18H32OS. The molecule has 0 aliphatic heterocycles. The van der Waals surface area contributed by atoms with Gasteiger partial charge in [0.05, 0.1) is 0 Å². The summed E-state index contributed by atoms with van der Waals surface area (Å²) in [4.78, 5) is 12.9. The second-order valence-electron chi connectivity index (χ2n) is 8.07. The van der Waals surface area contributed by atoms with Gasteiger partial charge in [0.25, 0.3) is 0 Å². The van der Waals surface area contributed by atoms with E-state index in [1.165, 1.54) is 37.9 Å². The Morgan fingerprint density at radius 3 is 2.70 bits per heavy atom. The van der Waals surface area contributed by atoms with Crippen LogP contribution in [0.5, 0.6) is 0 Å². The summed E-state index contributed by atoms with van der Waals surface area (Å²) in [6.45, 7) is 11.5. The largest absolute Gasteiger partial charge is 0.299 e. The third kappa shape index (κ3) is 3.26. The van der Waals surface area contributed by atoms with E-state index in [1.807, 2.05) is 11.8 Å². The minimum Gasteiger partial charge on any atom is -0.299 e. The number of carbonyl (C=O) groups is 1. The topological polar surface area (TPSA) is 17.1 Å². The lowest BCUT2D eigenvalue weighted by Gasteiger charge is -2.42. The lowest BCUT2D eigenvalue weighted by Crippen LogP contribution is -2.41. The van der Waals surface area contributed by atoms with Crippen LogP contribution in [0, 0.1) is 22.7 Å². The van der Waals surface area contributed by atoms with Crippen molar-refractivity contribution in [2.24, 2.45) is 22.7 Å². The Balaban J connectivity index is 1.93. The predicted octanol–water partition coefficient (Wildman–Crippen LogP) is 5.33. The number of thioether (sulfide) groups is 1. The molecule has 20 heavy (non-hydrogen) atoms. The SMILES string of the molecule is CCCCSC(C)CC(=O)C1C(C)(C)CCC2CC21C. The molecule has 0 N–H and O–H groups in total. The van der Waals surface area contributed by atoms with Gasteiger partial charge in [0.15, 0.2) is 0 Å². The van der Waals surface area contributed by atoms with E-state index in [9.17, 15) is 4.79 Å². The number of rotatable bonds is 7. The van der Waals surface area contributed by atoms with Crippen molar-refractivity contribution >= 4 is 17.5 Å². The van der Waals surface area contributed by atoms with Crippen LogP contribution in [-0.2, 0) is 4.79 Å². The number of fused-ring (bicyclic) bond motifs is 1. The van der Waals surface area contributed by atoms with E-state index in [2.05, 4.69) is 34.6 Å². The van der Waals surface area contributed by atoms with E-state index < -0.39 is 0 Å². The van der Waals surface area contributed by atoms with Gasteiger partial charge in [0, 0.05) is 17.6 Å². The highest BCUT2D eigenvalue weighted by molar-refractivity contribution is 7.99. The molecule has 2 aliphatic rings. The maximum absolute atomic E-state index is 12.9. The van der Waals surface area contributed by atoms with Gasteiger partial charge in [-0.15, -0.1) is 0 Å². The second-order valence-corrected chi connectivity index (χ2v) is 9.62. The minimum atomic E-state index is 0.215. The minimum absolute atomic E-state index is 0.215. The Labute approximate surface area is 129 Å². The van der Waals surface area contributed by atoms with Crippen LogP contribution in [0.4, 0.5) is 0 Å². The van der Waals surface area contributed by atoms with Crippen molar-refractivity contribution in [3.63, 3.8) is 0 Å². The molecule has 0 spiro atoms. The number of carbonyl (C=O) groups excluding carboxylic acids is 1. The molecule has 4 atom stereocenters. The Kier molecular flexibility index (Phi) is 4.94. The highest BCUT2D eigenvalue weighted by Crippen LogP contribution is 2.68. The van der Waals surface area contributed by atoms with Crippen LogP contribution < -0.4 is 0 Å². The van der Waals surface area contributed by atoms with Gasteiger partial charge in [-0.05, 0) is 48.2 Å². The maximum atomic E-state index is 12.9. The van der Waals surface area contributed by atoms with E-state index in [1.54, 1.807) is 0 Å². The van der Waals surface area contributed by atoms with Crippen LogP contribution in [0.15, 0.2) is 0 Å². The molecule has 0 aromatic carbocycles. The monoisotopic (exact) mass is 296 g/mol. The van der Waals surface area contributed by atoms with Gasteiger partial charge in [-0.2, -0.15) is 11.8 Å². The summed E-state index contributed by atoms with van der Waals surface area (Å²) in [5.41, 5.74) is 0.555. The highest BCUT2D eigenvalue weighted by atomic mass is 32.2. The summed E-state index contributed by atoms with van der Waals surface area (Å²) < 4.78 is 0. The smallest absolute Gasteiger partial charge is 0.138 e. The maximum Gasteiger partial charge on any atom is 0.138 e. The first-order valence-electron chi connectivity index (χ1n) is 8.45. The second kappa shape index (κ2) is 6.02. The van der Waals surface area contributed by atoms with Crippen LogP contribution in [0.2, 0.25) is 0 Å². The molecular weight excluding hydrogens is 264 g/mol. The third-order valence-electron chi connectivity index (χ3n) is 5.75. The number of Topliss-reactive ketones (excluding diaryl/α,β-unsaturated/α-hetero) is 1. The predicted molar refractivity (Wildman–Crippen MR) is 89.2 cm³/mol. The Morgan fingerprint density at radius 1 is 1.35 bits per heavy atom. The Bertz CT molecular complexity index is 358. The van der Waals surface area contributed by atoms with Crippen LogP contribution in [0.25, 0.3) is 0 Å². The lowest BCUT2D eigenvalue weighted by molar-refractivity contribution is -0.131. The van der Waals surface area contributed by atoms with Crippen molar-refractivity contribution in [1.82, 2.24) is 0 Å². The summed E-state index contributed by atoms with van der Waals surface area (Å²) in [5.74, 6) is 2.91. The number of ketones is 1. The summed E-state index contributed by atoms with van der Waals surface area (Å²) in [6.07, 6.45) is 7.19. The molecule has 0 heterocycles. The average Bonchev–Trinajstić information content (AvgIpc) is 2.98. The van der Waals surface area contributed by atoms with Gasteiger partial charge < -0.3 is 0 Å². The molecule has 2 saturated carbocycles. The van der Waals surface area contributed by atoms with Crippen LogP contribution in [0.1, 0.15) is 73.1 Å². The first-order valence-corrected chi connectivity index (χ1v) is 9.50. The number of hydrogen-bond donors (Lipinski definition) is 0. The molecule has 0 radical (unpaired) electrons. The van der Waals surface area contributed by atoms with Crippen LogP contribution in [0.3, 0.4) is 0 Å². The van der Waals surface area contributed by atoms with Gasteiger partial charge >= 0.3 is 0 Å². The van der Waals surface area contributed by atoms with Crippen molar-refractivity contribution in [1.29, 1.82) is 0 Å². The van der Waals surface area contributed by atoms with Gasteiger partial charge in [-0.3, -0.25) is 4.79 Å². The summed E-state index contributed by atoms with van der Waals surface area (Å²) in [7, 11) is 0. The summed E-state index contributed by atoms with van der Waals surface area (Å²) >= 11 is 1.99. The van der Waals surface area contributed by atoms with Crippen molar-refractivity contribution < 1.29 is 4.79 Å². The third-order valence-corrected chi connectivity index (χ3v) is 7.01.